The first-order chi connectivity index (χ1) is 9.53. The van der Waals surface area contributed by atoms with Crippen molar-refractivity contribution in [2.75, 3.05) is 19.6 Å². The van der Waals surface area contributed by atoms with Crippen LogP contribution in [0.5, 0.6) is 0 Å². The molecule has 0 aromatic rings. The van der Waals surface area contributed by atoms with Crippen molar-refractivity contribution in [2.45, 2.75) is 71.9 Å². The van der Waals surface area contributed by atoms with Crippen molar-refractivity contribution in [2.24, 2.45) is 23.2 Å². The van der Waals surface area contributed by atoms with Crippen LogP contribution in [-0.4, -0.2) is 36.6 Å². The van der Waals surface area contributed by atoms with E-state index in [4.69, 9.17) is 0 Å². The Labute approximate surface area is 125 Å². The maximum atomic E-state index is 3.59. The van der Waals surface area contributed by atoms with Crippen molar-refractivity contribution in [3.8, 4) is 0 Å². The Morgan fingerprint density at radius 2 is 1.80 bits per heavy atom. The zero-order chi connectivity index (χ0) is 14.3. The number of nitrogens with zero attached hydrogens (tertiary/aromatic N) is 1. The molecule has 0 aromatic heterocycles. The van der Waals surface area contributed by atoms with Gasteiger partial charge in [0.25, 0.3) is 0 Å². The molecule has 2 heterocycles. The van der Waals surface area contributed by atoms with Gasteiger partial charge < -0.3 is 5.32 Å². The van der Waals surface area contributed by atoms with E-state index in [9.17, 15) is 0 Å². The first-order valence-electron chi connectivity index (χ1n) is 8.99. The Balaban J connectivity index is 1.56. The van der Waals surface area contributed by atoms with Gasteiger partial charge in [0.15, 0.2) is 0 Å². The summed E-state index contributed by atoms with van der Waals surface area (Å²) >= 11 is 0. The molecular weight excluding hydrogens is 244 g/mol. The summed E-state index contributed by atoms with van der Waals surface area (Å²) in [4.78, 5) is 2.88. The first-order valence-corrected chi connectivity index (χ1v) is 8.99. The molecule has 0 amide bonds. The molecule has 0 aromatic carbocycles. The number of rotatable bonds is 3. The van der Waals surface area contributed by atoms with Crippen LogP contribution in [0.25, 0.3) is 0 Å². The quantitative estimate of drug-likeness (QED) is 0.850. The van der Waals surface area contributed by atoms with E-state index in [1.807, 2.05) is 0 Å². The molecular formula is C18H34N2. The third kappa shape index (κ3) is 2.54. The average Bonchev–Trinajstić information content (AvgIpc) is 3.02. The molecule has 0 spiro atoms. The van der Waals surface area contributed by atoms with Gasteiger partial charge in [-0.25, -0.2) is 0 Å². The van der Waals surface area contributed by atoms with Crippen LogP contribution >= 0.6 is 0 Å². The summed E-state index contributed by atoms with van der Waals surface area (Å²) < 4.78 is 0. The molecule has 3 aliphatic rings. The highest BCUT2D eigenvalue weighted by Gasteiger charge is 2.45. The van der Waals surface area contributed by atoms with E-state index in [0.717, 1.165) is 29.8 Å². The van der Waals surface area contributed by atoms with Crippen molar-refractivity contribution < 1.29 is 0 Å². The summed E-state index contributed by atoms with van der Waals surface area (Å²) in [6, 6.07) is 1.70. The molecule has 116 valence electrons. The summed E-state index contributed by atoms with van der Waals surface area (Å²) in [5, 5.41) is 3.59. The minimum absolute atomic E-state index is 0.558. The average molecular weight is 278 g/mol. The molecule has 3 atom stereocenters. The number of fused-ring (bicyclic) bond motifs is 1. The number of hydrogen-bond acceptors (Lipinski definition) is 2. The van der Waals surface area contributed by atoms with Gasteiger partial charge >= 0.3 is 0 Å². The number of likely N-dealkylation sites (tertiary alicyclic amines) is 1. The van der Waals surface area contributed by atoms with E-state index in [0.29, 0.717) is 5.41 Å². The lowest BCUT2D eigenvalue weighted by molar-refractivity contribution is 0.0758. The Kier molecular flexibility index (Phi) is 4.16. The third-order valence-electron chi connectivity index (χ3n) is 7.16. The maximum absolute atomic E-state index is 3.59. The highest BCUT2D eigenvalue weighted by molar-refractivity contribution is 4.99. The molecule has 2 heteroatoms. The molecule has 3 fully saturated rings. The van der Waals surface area contributed by atoms with Gasteiger partial charge in [0, 0.05) is 18.6 Å². The monoisotopic (exact) mass is 278 g/mol. The Morgan fingerprint density at radius 3 is 2.40 bits per heavy atom. The second-order valence-corrected chi connectivity index (χ2v) is 8.37. The van der Waals surface area contributed by atoms with E-state index < -0.39 is 0 Å². The van der Waals surface area contributed by atoms with Crippen LogP contribution in [0.1, 0.15) is 59.8 Å². The molecule has 3 rings (SSSR count). The van der Waals surface area contributed by atoms with Crippen LogP contribution in [0.3, 0.4) is 0 Å². The molecule has 2 nitrogen and oxygen atoms in total. The van der Waals surface area contributed by atoms with Crippen molar-refractivity contribution in [3.05, 3.63) is 0 Å². The Hall–Kier alpha value is -0.0800. The standard InChI is InChI=1S/C18H34N2/c1-5-18(3,4)15-6-8-16(9-7-15)20-12-14-10-19-11-17(14)13(20)2/h13-17,19H,5-12H2,1-4H3. The summed E-state index contributed by atoms with van der Waals surface area (Å²) in [5.74, 6) is 2.83. The zero-order valence-corrected chi connectivity index (χ0v) is 14.0. The second kappa shape index (κ2) is 5.61. The van der Waals surface area contributed by atoms with Crippen LogP contribution in [0.15, 0.2) is 0 Å². The van der Waals surface area contributed by atoms with Gasteiger partial charge in [-0.05, 0) is 68.9 Å². The molecule has 1 aliphatic carbocycles. The van der Waals surface area contributed by atoms with Gasteiger partial charge in [-0.1, -0.05) is 27.2 Å². The molecule has 1 N–H and O–H groups in total. The molecule has 0 bridgehead atoms. The van der Waals surface area contributed by atoms with Gasteiger partial charge in [0.2, 0.25) is 0 Å². The molecule has 3 unspecified atom stereocenters. The molecule has 0 radical (unpaired) electrons. The zero-order valence-electron chi connectivity index (χ0n) is 14.0. The van der Waals surface area contributed by atoms with Crippen LogP contribution in [0.4, 0.5) is 0 Å². The highest BCUT2D eigenvalue weighted by Crippen LogP contribution is 2.43. The summed E-state index contributed by atoms with van der Waals surface area (Å²) in [7, 11) is 0. The summed E-state index contributed by atoms with van der Waals surface area (Å²) in [6.45, 7) is 13.7. The van der Waals surface area contributed by atoms with Crippen molar-refractivity contribution in [1.82, 2.24) is 10.2 Å². The predicted molar refractivity (Wildman–Crippen MR) is 85.8 cm³/mol. The highest BCUT2D eigenvalue weighted by atomic mass is 15.2. The van der Waals surface area contributed by atoms with Gasteiger partial charge in [0.1, 0.15) is 0 Å². The van der Waals surface area contributed by atoms with Crippen LogP contribution in [-0.2, 0) is 0 Å². The van der Waals surface area contributed by atoms with Crippen molar-refractivity contribution >= 4 is 0 Å². The lowest BCUT2D eigenvalue weighted by Crippen LogP contribution is -2.44. The smallest absolute Gasteiger partial charge is 0.0114 e. The lowest BCUT2D eigenvalue weighted by Gasteiger charge is -2.42. The van der Waals surface area contributed by atoms with E-state index in [1.165, 1.54) is 51.7 Å². The van der Waals surface area contributed by atoms with E-state index >= 15 is 0 Å². The fourth-order valence-electron chi connectivity index (χ4n) is 5.16. The molecule has 20 heavy (non-hydrogen) atoms. The minimum Gasteiger partial charge on any atom is -0.316 e. The van der Waals surface area contributed by atoms with Crippen molar-refractivity contribution in [1.29, 1.82) is 0 Å². The van der Waals surface area contributed by atoms with Gasteiger partial charge in [-0.3, -0.25) is 4.90 Å². The van der Waals surface area contributed by atoms with Gasteiger partial charge in [-0.2, -0.15) is 0 Å². The largest absolute Gasteiger partial charge is 0.316 e. The SMILES string of the molecule is CCC(C)(C)C1CCC(N2CC3CNCC3C2C)CC1. The number of nitrogens with one attached hydrogen (secondary N) is 1. The fraction of sp³-hybridized carbons (Fsp3) is 1.00. The third-order valence-corrected chi connectivity index (χ3v) is 7.16. The normalized spacial score (nSPS) is 42.9. The summed E-state index contributed by atoms with van der Waals surface area (Å²) in [6.07, 6.45) is 7.15. The molecule has 2 saturated heterocycles. The molecule has 1 saturated carbocycles. The van der Waals surface area contributed by atoms with Crippen LogP contribution in [0, 0.1) is 23.2 Å². The number of hydrogen-bond donors (Lipinski definition) is 1. The van der Waals surface area contributed by atoms with E-state index in [2.05, 4.69) is 37.9 Å². The maximum Gasteiger partial charge on any atom is 0.0114 e. The predicted octanol–water partition coefficient (Wildman–Crippen LogP) is 3.52. The lowest BCUT2D eigenvalue weighted by atomic mass is 9.68. The summed E-state index contributed by atoms with van der Waals surface area (Å²) in [5.41, 5.74) is 0.558. The minimum atomic E-state index is 0.558. The van der Waals surface area contributed by atoms with E-state index in [-0.39, 0.29) is 0 Å². The molecule has 2 aliphatic heterocycles. The topological polar surface area (TPSA) is 15.3 Å². The van der Waals surface area contributed by atoms with Crippen LogP contribution < -0.4 is 5.32 Å². The fourth-order valence-corrected chi connectivity index (χ4v) is 5.16. The van der Waals surface area contributed by atoms with E-state index in [1.54, 1.807) is 0 Å². The van der Waals surface area contributed by atoms with Gasteiger partial charge in [-0.15, -0.1) is 0 Å². The first kappa shape index (κ1) is 14.8. The Bertz CT molecular complexity index is 330. The van der Waals surface area contributed by atoms with Crippen LogP contribution in [0.2, 0.25) is 0 Å². The van der Waals surface area contributed by atoms with Gasteiger partial charge in [0.05, 0.1) is 0 Å². The Morgan fingerprint density at radius 1 is 1.10 bits per heavy atom. The second-order valence-electron chi connectivity index (χ2n) is 8.37. The van der Waals surface area contributed by atoms with Crippen molar-refractivity contribution in [3.63, 3.8) is 0 Å².